The number of methoxy groups -OCH3 is 1. The number of carbonyl (C=O) groups is 1. The van der Waals surface area contributed by atoms with Crippen molar-refractivity contribution in [2.75, 3.05) is 7.11 Å². The Bertz CT molecular complexity index is 409. The Morgan fingerprint density at radius 3 is 2.38 bits per heavy atom. The van der Waals surface area contributed by atoms with Gasteiger partial charge in [0.2, 0.25) is 0 Å². The lowest BCUT2D eigenvalue weighted by Gasteiger charge is -2.42. The van der Waals surface area contributed by atoms with Gasteiger partial charge in [0.15, 0.2) is 11.5 Å². The number of benzene rings is 1. The summed E-state index contributed by atoms with van der Waals surface area (Å²) in [7, 11) is 1.61. The molecule has 1 aliphatic carbocycles. The fourth-order valence-corrected chi connectivity index (χ4v) is 1.79. The van der Waals surface area contributed by atoms with Crippen LogP contribution >= 0.6 is 0 Å². The molecule has 0 N–H and O–H groups in total. The van der Waals surface area contributed by atoms with E-state index in [1.165, 1.54) is 0 Å². The van der Waals surface area contributed by atoms with Gasteiger partial charge in [0.05, 0.1) is 12.5 Å². The maximum Gasteiger partial charge on any atom is 0.161 e. The van der Waals surface area contributed by atoms with Gasteiger partial charge in [-0.1, -0.05) is 12.1 Å². The van der Waals surface area contributed by atoms with Crippen molar-refractivity contribution in [1.29, 1.82) is 0 Å². The second-order valence-electron chi connectivity index (χ2n) is 4.61. The molecule has 3 heteroatoms. The van der Waals surface area contributed by atoms with Crippen molar-refractivity contribution in [2.24, 2.45) is 5.41 Å². The molecule has 2 rings (SSSR count). The minimum atomic E-state index is -0.374. The Kier molecular flexibility index (Phi) is 2.62. The van der Waals surface area contributed by atoms with Crippen molar-refractivity contribution in [2.45, 2.75) is 26.4 Å². The van der Waals surface area contributed by atoms with Crippen LogP contribution in [0.2, 0.25) is 0 Å². The molecule has 1 unspecified atom stereocenters. The second-order valence-corrected chi connectivity index (χ2v) is 4.61. The monoisotopic (exact) mass is 220 g/mol. The van der Waals surface area contributed by atoms with E-state index in [2.05, 4.69) is 0 Å². The van der Waals surface area contributed by atoms with Gasteiger partial charge in [0, 0.05) is 6.42 Å². The second kappa shape index (κ2) is 3.81. The predicted molar refractivity (Wildman–Crippen MR) is 60.8 cm³/mol. The third-order valence-electron chi connectivity index (χ3n) is 3.23. The zero-order chi connectivity index (χ0) is 11.8. The van der Waals surface area contributed by atoms with Gasteiger partial charge in [-0.2, -0.15) is 0 Å². The average Bonchev–Trinajstić information content (AvgIpc) is 2.29. The number of rotatable bonds is 3. The number of carbonyl (C=O) groups excluding carboxylic acids is 1. The Morgan fingerprint density at radius 2 is 1.88 bits per heavy atom. The molecule has 0 amide bonds. The molecule has 3 nitrogen and oxygen atoms in total. The van der Waals surface area contributed by atoms with Gasteiger partial charge in [-0.3, -0.25) is 4.79 Å². The minimum Gasteiger partial charge on any atom is -0.493 e. The highest BCUT2D eigenvalue weighted by atomic mass is 16.5. The molecule has 1 aromatic rings. The van der Waals surface area contributed by atoms with Gasteiger partial charge < -0.3 is 9.47 Å². The van der Waals surface area contributed by atoms with Crippen molar-refractivity contribution in [3.8, 4) is 11.5 Å². The Labute approximate surface area is 95.4 Å². The standard InChI is InChI=1S/C13H16O3/c1-13(2)11(14)8-12(13)16-10-7-5-4-6-9(10)15-3/h4-7,12H,8H2,1-3H3. The summed E-state index contributed by atoms with van der Waals surface area (Å²) in [5.41, 5.74) is -0.374. The largest absolute Gasteiger partial charge is 0.493 e. The van der Waals surface area contributed by atoms with Crippen LogP contribution in [0.5, 0.6) is 11.5 Å². The Balaban J connectivity index is 2.13. The summed E-state index contributed by atoms with van der Waals surface area (Å²) >= 11 is 0. The number of hydrogen-bond acceptors (Lipinski definition) is 3. The van der Waals surface area contributed by atoms with Crippen molar-refractivity contribution in [1.82, 2.24) is 0 Å². The van der Waals surface area contributed by atoms with Gasteiger partial charge in [0.1, 0.15) is 11.9 Å². The Hall–Kier alpha value is -1.51. The van der Waals surface area contributed by atoms with Crippen LogP contribution in [-0.2, 0) is 4.79 Å². The molecule has 16 heavy (non-hydrogen) atoms. The summed E-state index contributed by atoms with van der Waals surface area (Å²) in [5, 5.41) is 0. The van der Waals surface area contributed by atoms with E-state index in [0.29, 0.717) is 17.9 Å². The van der Waals surface area contributed by atoms with E-state index in [-0.39, 0.29) is 17.3 Å². The summed E-state index contributed by atoms with van der Waals surface area (Å²) < 4.78 is 11.0. The lowest BCUT2D eigenvalue weighted by atomic mass is 9.68. The quantitative estimate of drug-likeness (QED) is 0.784. The van der Waals surface area contributed by atoms with Crippen LogP contribution in [0.15, 0.2) is 24.3 Å². The number of Topliss-reactive ketones (excluding diaryl/α,β-unsaturated/α-hetero) is 1. The molecule has 1 fully saturated rings. The van der Waals surface area contributed by atoms with Crippen LogP contribution in [0.4, 0.5) is 0 Å². The van der Waals surface area contributed by atoms with Gasteiger partial charge >= 0.3 is 0 Å². The highest BCUT2D eigenvalue weighted by Gasteiger charge is 2.49. The van der Waals surface area contributed by atoms with E-state index in [1.807, 2.05) is 38.1 Å². The highest BCUT2D eigenvalue weighted by Crippen LogP contribution is 2.41. The molecule has 0 radical (unpaired) electrons. The van der Waals surface area contributed by atoms with Gasteiger partial charge in [-0.05, 0) is 26.0 Å². The van der Waals surface area contributed by atoms with Crippen LogP contribution in [0.1, 0.15) is 20.3 Å². The van der Waals surface area contributed by atoms with Gasteiger partial charge in [-0.25, -0.2) is 0 Å². The first-order valence-electron chi connectivity index (χ1n) is 5.38. The number of ether oxygens (including phenoxy) is 2. The topological polar surface area (TPSA) is 35.5 Å². The smallest absolute Gasteiger partial charge is 0.161 e. The van der Waals surface area contributed by atoms with Crippen LogP contribution in [0.3, 0.4) is 0 Å². The van der Waals surface area contributed by atoms with Crippen molar-refractivity contribution in [3.05, 3.63) is 24.3 Å². The fourth-order valence-electron chi connectivity index (χ4n) is 1.79. The van der Waals surface area contributed by atoms with Gasteiger partial charge in [0.25, 0.3) is 0 Å². The summed E-state index contributed by atoms with van der Waals surface area (Å²) in [6, 6.07) is 7.49. The van der Waals surface area contributed by atoms with Crippen molar-refractivity contribution >= 4 is 5.78 Å². The predicted octanol–water partition coefficient (Wildman–Crippen LogP) is 2.44. The molecule has 1 saturated carbocycles. The van der Waals surface area contributed by atoms with Crippen molar-refractivity contribution < 1.29 is 14.3 Å². The zero-order valence-corrected chi connectivity index (χ0v) is 9.82. The summed E-state index contributed by atoms with van der Waals surface area (Å²) in [6.07, 6.45) is 0.446. The first-order chi connectivity index (χ1) is 7.55. The molecule has 0 aliphatic heterocycles. The molecule has 0 heterocycles. The van der Waals surface area contributed by atoms with E-state index in [4.69, 9.17) is 9.47 Å². The summed E-state index contributed by atoms with van der Waals surface area (Å²) in [5.74, 6) is 1.67. The third kappa shape index (κ3) is 1.66. The van der Waals surface area contributed by atoms with Crippen LogP contribution < -0.4 is 9.47 Å². The number of para-hydroxylation sites is 2. The molecule has 0 bridgehead atoms. The van der Waals surface area contributed by atoms with Gasteiger partial charge in [-0.15, -0.1) is 0 Å². The van der Waals surface area contributed by atoms with Crippen LogP contribution in [-0.4, -0.2) is 19.0 Å². The molecular formula is C13H16O3. The van der Waals surface area contributed by atoms with Crippen molar-refractivity contribution in [3.63, 3.8) is 0 Å². The maximum atomic E-state index is 11.4. The molecule has 86 valence electrons. The SMILES string of the molecule is COc1ccccc1OC1CC(=O)C1(C)C. The molecular weight excluding hydrogens is 204 g/mol. The minimum absolute atomic E-state index is 0.0451. The van der Waals surface area contributed by atoms with E-state index in [0.717, 1.165) is 0 Å². The van der Waals surface area contributed by atoms with E-state index in [9.17, 15) is 4.79 Å². The molecule has 1 aliphatic rings. The van der Waals surface area contributed by atoms with Crippen LogP contribution in [0.25, 0.3) is 0 Å². The van der Waals surface area contributed by atoms with Crippen LogP contribution in [0, 0.1) is 5.41 Å². The number of hydrogen-bond donors (Lipinski definition) is 0. The molecule has 0 aromatic heterocycles. The molecule has 0 spiro atoms. The molecule has 1 aromatic carbocycles. The zero-order valence-electron chi connectivity index (χ0n) is 9.82. The fraction of sp³-hybridized carbons (Fsp3) is 0.462. The normalized spacial score (nSPS) is 22.4. The van der Waals surface area contributed by atoms with E-state index < -0.39 is 0 Å². The lowest BCUT2D eigenvalue weighted by Crippen LogP contribution is -2.53. The summed E-state index contributed by atoms with van der Waals surface area (Å²) in [4.78, 5) is 11.4. The van der Waals surface area contributed by atoms with E-state index >= 15 is 0 Å². The number of ketones is 1. The maximum absolute atomic E-state index is 11.4. The highest BCUT2D eigenvalue weighted by molar-refractivity contribution is 5.91. The average molecular weight is 220 g/mol. The molecule has 0 saturated heterocycles. The van der Waals surface area contributed by atoms with E-state index in [1.54, 1.807) is 7.11 Å². The lowest BCUT2D eigenvalue weighted by molar-refractivity contribution is -0.148. The summed E-state index contributed by atoms with van der Waals surface area (Å²) in [6.45, 7) is 3.83. The first kappa shape index (κ1) is 11.0. The molecule has 1 atom stereocenters. The first-order valence-corrected chi connectivity index (χ1v) is 5.38. The Morgan fingerprint density at radius 1 is 1.25 bits per heavy atom. The third-order valence-corrected chi connectivity index (χ3v) is 3.23.